The number of hydrogen-bond donors (Lipinski definition) is 0. The van der Waals surface area contributed by atoms with Gasteiger partial charge in [0.25, 0.3) is 0 Å². The fourth-order valence-electron chi connectivity index (χ4n) is 4.63. The first-order chi connectivity index (χ1) is 12.9. The van der Waals surface area contributed by atoms with Gasteiger partial charge in [0.05, 0.1) is 8.80 Å². The van der Waals surface area contributed by atoms with E-state index in [0.717, 1.165) is 5.92 Å². The molecule has 147 valence electrons. The molecule has 0 unspecified atom stereocenters. The standard InChI is InChI=1S/C25H43Si/c1-2-3-4-5-6-15-22-26(25-20-13-8-14-21-25)23-16-9-12-19-24-17-10-7-11-18-24/h8,13-14,20-21,24H,2-7,9-12,15-19,22-23H2,1H3. The van der Waals surface area contributed by atoms with Gasteiger partial charge in [0.2, 0.25) is 0 Å². The molecule has 0 saturated heterocycles. The lowest BCUT2D eigenvalue weighted by Crippen LogP contribution is -2.29. The molecular weight excluding hydrogens is 328 g/mol. The van der Waals surface area contributed by atoms with Crippen LogP contribution in [0.4, 0.5) is 0 Å². The molecule has 1 saturated carbocycles. The van der Waals surface area contributed by atoms with E-state index in [4.69, 9.17) is 0 Å². The van der Waals surface area contributed by atoms with E-state index in [1.807, 2.05) is 0 Å². The zero-order chi connectivity index (χ0) is 18.3. The van der Waals surface area contributed by atoms with Gasteiger partial charge in [-0.2, -0.15) is 0 Å². The summed E-state index contributed by atoms with van der Waals surface area (Å²) in [7, 11) is -0.319. The van der Waals surface area contributed by atoms with Crippen LogP contribution in [0.1, 0.15) is 103 Å². The van der Waals surface area contributed by atoms with E-state index >= 15 is 0 Å². The second-order valence-corrected chi connectivity index (χ2v) is 11.4. The fraction of sp³-hybridized carbons (Fsp3) is 0.760. The second kappa shape index (κ2) is 14.5. The number of benzene rings is 1. The van der Waals surface area contributed by atoms with Gasteiger partial charge in [0, 0.05) is 0 Å². The average molecular weight is 372 g/mol. The molecule has 0 amide bonds. The maximum atomic E-state index is 2.41. The minimum Gasteiger partial charge on any atom is -0.0654 e. The van der Waals surface area contributed by atoms with Crippen molar-refractivity contribution >= 4 is 14.0 Å². The van der Waals surface area contributed by atoms with Crippen LogP contribution < -0.4 is 5.19 Å². The minimum absolute atomic E-state index is 0.319. The normalized spacial score (nSPS) is 15.6. The van der Waals surface area contributed by atoms with Gasteiger partial charge in [0.15, 0.2) is 0 Å². The van der Waals surface area contributed by atoms with Crippen molar-refractivity contribution in [3.05, 3.63) is 30.3 Å². The van der Waals surface area contributed by atoms with Crippen LogP contribution in [-0.4, -0.2) is 8.80 Å². The zero-order valence-corrected chi connectivity index (χ0v) is 18.5. The van der Waals surface area contributed by atoms with Crippen molar-refractivity contribution in [1.82, 2.24) is 0 Å². The third-order valence-corrected chi connectivity index (χ3v) is 9.39. The Morgan fingerprint density at radius 2 is 1.35 bits per heavy atom. The lowest BCUT2D eigenvalue weighted by molar-refractivity contribution is 0.329. The number of unbranched alkanes of at least 4 members (excludes halogenated alkanes) is 7. The van der Waals surface area contributed by atoms with Gasteiger partial charge >= 0.3 is 0 Å². The number of rotatable bonds is 14. The molecule has 0 N–H and O–H groups in total. The Labute approximate surface area is 165 Å². The Bertz CT molecular complexity index is 421. The summed E-state index contributed by atoms with van der Waals surface area (Å²) in [4.78, 5) is 0. The summed E-state index contributed by atoms with van der Waals surface area (Å²) in [6, 6.07) is 14.5. The molecule has 0 heterocycles. The maximum Gasteiger partial charge on any atom is 0.0856 e. The summed E-state index contributed by atoms with van der Waals surface area (Å²) in [5.74, 6) is 1.07. The molecule has 1 heteroatoms. The molecule has 1 aromatic rings. The van der Waals surface area contributed by atoms with Crippen LogP contribution in [0.5, 0.6) is 0 Å². The van der Waals surface area contributed by atoms with Crippen molar-refractivity contribution in [2.75, 3.05) is 0 Å². The van der Waals surface area contributed by atoms with Crippen LogP contribution in [0.25, 0.3) is 0 Å². The summed E-state index contributed by atoms with van der Waals surface area (Å²) >= 11 is 0. The van der Waals surface area contributed by atoms with Crippen molar-refractivity contribution in [1.29, 1.82) is 0 Å². The van der Waals surface area contributed by atoms with Crippen molar-refractivity contribution in [2.45, 2.75) is 115 Å². The van der Waals surface area contributed by atoms with E-state index < -0.39 is 0 Å². The Hall–Kier alpha value is -0.563. The summed E-state index contributed by atoms with van der Waals surface area (Å²) < 4.78 is 0. The molecule has 1 aliphatic carbocycles. The molecule has 1 fully saturated rings. The molecule has 0 aromatic heterocycles. The molecule has 2 rings (SSSR count). The molecule has 0 atom stereocenters. The smallest absolute Gasteiger partial charge is 0.0654 e. The Balaban J connectivity index is 1.63. The molecule has 26 heavy (non-hydrogen) atoms. The highest BCUT2D eigenvalue weighted by molar-refractivity contribution is 6.73. The third kappa shape index (κ3) is 9.40. The first kappa shape index (κ1) is 21.7. The fourth-order valence-corrected chi connectivity index (χ4v) is 7.47. The lowest BCUT2D eigenvalue weighted by atomic mass is 9.86. The molecule has 1 radical (unpaired) electrons. The number of hydrogen-bond acceptors (Lipinski definition) is 0. The van der Waals surface area contributed by atoms with Gasteiger partial charge in [-0.15, -0.1) is 0 Å². The van der Waals surface area contributed by atoms with Crippen LogP contribution in [-0.2, 0) is 0 Å². The first-order valence-corrected chi connectivity index (χ1v) is 13.7. The average Bonchev–Trinajstić information content (AvgIpc) is 2.70. The second-order valence-electron chi connectivity index (χ2n) is 8.59. The topological polar surface area (TPSA) is 0 Å². The van der Waals surface area contributed by atoms with Crippen LogP contribution in [0.3, 0.4) is 0 Å². The van der Waals surface area contributed by atoms with Crippen molar-refractivity contribution in [3.8, 4) is 0 Å². The molecule has 0 spiro atoms. The van der Waals surface area contributed by atoms with Gasteiger partial charge in [0.1, 0.15) is 0 Å². The van der Waals surface area contributed by atoms with Crippen LogP contribution in [0.2, 0.25) is 12.1 Å². The monoisotopic (exact) mass is 371 g/mol. The minimum atomic E-state index is -0.319. The summed E-state index contributed by atoms with van der Waals surface area (Å²) in [6.45, 7) is 2.31. The maximum absolute atomic E-state index is 2.41. The highest BCUT2D eigenvalue weighted by atomic mass is 28.3. The van der Waals surface area contributed by atoms with Gasteiger partial charge in [-0.05, 0) is 5.92 Å². The SMILES string of the molecule is CCCCCCCC[Si](CCCCCC1CCCCC1)c1ccccc1. The Morgan fingerprint density at radius 1 is 0.731 bits per heavy atom. The predicted octanol–water partition coefficient (Wildman–Crippen LogP) is 7.89. The van der Waals surface area contributed by atoms with Crippen molar-refractivity contribution < 1.29 is 0 Å². The molecule has 0 bridgehead atoms. The summed E-state index contributed by atoms with van der Waals surface area (Å²) in [5, 5.41) is 1.69. The quantitative estimate of drug-likeness (QED) is 0.230. The van der Waals surface area contributed by atoms with E-state index in [0.29, 0.717) is 0 Å². The Morgan fingerprint density at radius 3 is 2.04 bits per heavy atom. The van der Waals surface area contributed by atoms with Crippen LogP contribution >= 0.6 is 0 Å². The molecule has 1 aliphatic rings. The molecule has 0 aliphatic heterocycles. The third-order valence-electron chi connectivity index (χ3n) is 6.33. The van der Waals surface area contributed by atoms with Gasteiger partial charge < -0.3 is 0 Å². The largest absolute Gasteiger partial charge is 0.0856 e. The molecular formula is C25H43Si. The van der Waals surface area contributed by atoms with E-state index in [9.17, 15) is 0 Å². The van der Waals surface area contributed by atoms with Crippen molar-refractivity contribution in [2.24, 2.45) is 5.92 Å². The van der Waals surface area contributed by atoms with Gasteiger partial charge in [-0.3, -0.25) is 0 Å². The zero-order valence-electron chi connectivity index (χ0n) is 17.5. The lowest BCUT2D eigenvalue weighted by Gasteiger charge is -2.21. The van der Waals surface area contributed by atoms with E-state index in [1.165, 1.54) is 108 Å². The van der Waals surface area contributed by atoms with E-state index in [-0.39, 0.29) is 8.80 Å². The summed E-state index contributed by atoms with van der Waals surface area (Å²) in [5.41, 5.74) is 0. The van der Waals surface area contributed by atoms with E-state index in [2.05, 4.69) is 37.3 Å². The first-order valence-electron chi connectivity index (χ1n) is 11.8. The van der Waals surface area contributed by atoms with E-state index in [1.54, 1.807) is 5.19 Å². The van der Waals surface area contributed by atoms with Crippen LogP contribution in [0.15, 0.2) is 30.3 Å². The predicted molar refractivity (Wildman–Crippen MR) is 120 cm³/mol. The molecule has 1 aromatic carbocycles. The molecule has 0 nitrogen and oxygen atoms in total. The highest BCUT2D eigenvalue weighted by Crippen LogP contribution is 2.28. The van der Waals surface area contributed by atoms with Crippen molar-refractivity contribution in [3.63, 3.8) is 0 Å². The van der Waals surface area contributed by atoms with Gasteiger partial charge in [-0.25, -0.2) is 0 Å². The summed E-state index contributed by atoms with van der Waals surface area (Å²) in [6.07, 6.45) is 22.1. The van der Waals surface area contributed by atoms with Crippen LogP contribution in [0, 0.1) is 5.92 Å². The highest BCUT2D eigenvalue weighted by Gasteiger charge is 2.15. The van der Waals surface area contributed by atoms with Gasteiger partial charge in [-0.1, -0.05) is 151 Å². The Kier molecular flexibility index (Phi) is 12.1.